The summed E-state index contributed by atoms with van der Waals surface area (Å²) in [6.45, 7) is 7.19. The molecule has 42 heavy (non-hydrogen) atoms. The number of ether oxygens (including phenoxy) is 1. The highest BCUT2D eigenvalue weighted by Crippen LogP contribution is 2.35. The summed E-state index contributed by atoms with van der Waals surface area (Å²) in [6, 6.07) is 37.7. The Morgan fingerprint density at radius 2 is 1.50 bits per heavy atom. The SMILES string of the molecule is CCCCn1c(-c2ccccc2)nc(-c2ccccc2)c1C(Cc1ccccc1)NCc1ccc(OC(C)=O)c(C)c1. The van der Waals surface area contributed by atoms with Crippen LogP contribution in [0.1, 0.15) is 55.1 Å². The molecule has 0 fully saturated rings. The third-order valence-electron chi connectivity index (χ3n) is 7.48. The molecular weight excluding hydrogens is 518 g/mol. The first-order chi connectivity index (χ1) is 20.5. The maximum Gasteiger partial charge on any atom is 0.308 e. The molecule has 5 nitrogen and oxygen atoms in total. The average molecular weight is 558 g/mol. The van der Waals surface area contributed by atoms with Gasteiger partial charge in [-0.15, -0.1) is 0 Å². The maximum absolute atomic E-state index is 11.5. The quantitative estimate of drug-likeness (QED) is 0.124. The van der Waals surface area contributed by atoms with Crippen LogP contribution in [0.25, 0.3) is 22.6 Å². The molecule has 0 aliphatic carbocycles. The van der Waals surface area contributed by atoms with Crippen LogP contribution < -0.4 is 10.1 Å². The van der Waals surface area contributed by atoms with Gasteiger partial charge in [0, 0.05) is 31.1 Å². The van der Waals surface area contributed by atoms with Gasteiger partial charge < -0.3 is 14.6 Å². The van der Waals surface area contributed by atoms with Crippen LogP contribution >= 0.6 is 0 Å². The van der Waals surface area contributed by atoms with Crippen LogP contribution in [0.15, 0.2) is 109 Å². The minimum Gasteiger partial charge on any atom is -0.426 e. The summed E-state index contributed by atoms with van der Waals surface area (Å²) in [5.74, 6) is 1.29. The van der Waals surface area contributed by atoms with Gasteiger partial charge in [0.15, 0.2) is 0 Å². The number of rotatable bonds is 12. The predicted octanol–water partition coefficient (Wildman–Crippen LogP) is 8.32. The van der Waals surface area contributed by atoms with Crippen LogP contribution in [0.4, 0.5) is 0 Å². The molecule has 0 saturated heterocycles. The van der Waals surface area contributed by atoms with E-state index in [1.54, 1.807) is 0 Å². The Kier molecular flexibility index (Phi) is 9.62. The third kappa shape index (κ3) is 7.04. The van der Waals surface area contributed by atoms with Crippen LogP contribution in [-0.2, 0) is 24.3 Å². The number of imidazole rings is 1. The highest BCUT2D eigenvalue weighted by Gasteiger charge is 2.26. The molecule has 0 aliphatic rings. The lowest BCUT2D eigenvalue weighted by molar-refractivity contribution is -0.131. The minimum atomic E-state index is -0.310. The first-order valence-corrected chi connectivity index (χ1v) is 14.8. The van der Waals surface area contributed by atoms with Gasteiger partial charge >= 0.3 is 5.97 Å². The van der Waals surface area contributed by atoms with Gasteiger partial charge in [0.2, 0.25) is 0 Å². The number of aryl methyl sites for hydroxylation is 1. The summed E-state index contributed by atoms with van der Waals surface area (Å²) in [5.41, 5.74) is 7.78. The molecule has 5 aromatic rings. The molecule has 0 aliphatic heterocycles. The van der Waals surface area contributed by atoms with Gasteiger partial charge in [-0.25, -0.2) is 4.98 Å². The van der Waals surface area contributed by atoms with Gasteiger partial charge in [0.05, 0.1) is 17.4 Å². The summed E-state index contributed by atoms with van der Waals surface area (Å²) < 4.78 is 7.81. The average Bonchev–Trinajstić information content (AvgIpc) is 3.40. The molecule has 1 atom stereocenters. The lowest BCUT2D eigenvalue weighted by atomic mass is 9.98. The van der Waals surface area contributed by atoms with Crippen LogP contribution in [0.2, 0.25) is 0 Å². The number of benzene rings is 4. The number of nitrogens with zero attached hydrogens (tertiary/aromatic N) is 2. The number of esters is 1. The molecule has 0 spiro atoms. The number of aromatic nitrogens is 2. The fourth-order valence-electron chi connectivity index (χ4n) is 5.42. The van der Waals surface area contributed by atoms with E-state index in [2.05, 4.69) is 114 Å². The Balaban J connectivity index is 1.61. The van der Waals surface area contributed by atoms with E-state index in [9.17, 15) is 4.79 Å². The highest BCUT2D eigenvalue weighted by atomic mass is 16.5. The van der Waals surface area contributed by atoms with Gasteiger partial charge in [-0.3, -0.25) is 4.79 Å². The minimum absolute atomic E-state index is 0.00197. The Hall–Kier alpha value is -4.48. The molecule has 0 amide bonds. The van der Waals surface area contributed by atoms with E-state index >= 15 is 0 Å². The summed E-state index contributed by atoms with van der Waals surface area (Å²) in [7, 11) is 0. The van der Waals surface area contributed by atoms with Gasteiger partial charge in [0.25, 0.3) is 0 Å². The van der Waals surface area contributed by atoms with E-state index in [4.69, 9.17) is 9.72 Å². The molecule has 1 heterocycles. The number of unbranched alkanes of at least 4 members (excludes halogenated alkanes) is 1. The molecule has 5 rings (SSSR count). The van der Waals surface area contributed by atoms with Gasteiger partial charge in [0.1, 0.15) is 11.6 Å². The summed E-state index contributed by atoms with van der Waals surface area (Å²) in [5, 5.41) is 3.91. The van der Waals surface area contributed by atoms with Crippen LogP contribution in [0, 0.1) is 6.92 Å². The van der Waals surface area contributed by atoms with Crippen molar-refractivity contribution in [1.29, 1.82) is 0 Å². The van der Waals surface area contributed by atoms with Crippen molar-refractivity contribution >= 4 is 5.97 Å². The maximum atomic E-state index is 11.5. The van der Waals surface area contributed by atoms with E-state index in [0.29, 0.717) is 12.3 Å². The molecule has 5 heteroatoms. The van der Waals surface area contributed by atoms with E-state index < -0.39 is 0 Å². The number of carbonyl (C=O) groups is 1. The molecular formula is C37H39N3O2. The van der Waals surface area contributed by atoms with E-state index in [0.717, 1.165) is 59.6 Å². The second-order valence-corrected chi connectivity index (χ2v) is 10.7. The van der Waals surface area contributed by atoms with Crippen LogP contribution in [-0.4, -0.2) is 15.5 Å². The zero-order valence-corrected chi connectivity index (χ0v) is 24.7. The van der Waals surface area contributed by atoms with Crippen molar-refractivity contribution in [2.24, 2.45) is 0 Å². The van der Waals surface area contributed by atoms with Crippen molar-refractivity contribution in [3.63, 3.8) is 0 Å². The molecule has 1 N–H and O–H groups in total. The van der Waals surface area contributed by atoms with Gasteiger partial charge in [-0.1, -0.05) is 116 Å². The third-order valence-corrected chi connectivity index (χ3v) is 7.48. The number of hydrogen-bond donors (Lipinski definition) is 1. The van der Waals surface area contributed by atoms with Crippen molar-refractivity contribution < 1.29 is 9.53 Å². The first kappa shape index (κ1) is 29.0. The Bertz CT molecular complexity index is 1590. The smallest absolute Gasteiger partial charge is 0.308 e. The molecule has 0 radical (unpaired) electrons. The molecule has 0 saturated carbocycles. The first-order valence-electron chi connectivity index (χ1n) is 14.8. The number of nitrogens with one attached hydrogen (secondary N) is 1. The normalized spacial score (nSPS) is 11.8. The van der Waals surface area contributed by atoms with E-state index in [1.165, 1.54) is 18.2 Å². The summed E-state index contributed by atoms with van der Waals surface area (Å²) >= 11 is 0. The van der Waals surface area contributed by atoms with Crippen LogP contribution in [0.5, 0.6) is 5.75 Å². The van der Waals surface area contributed by atoms with E-state index in [1.807, 2.05) is 19.1 Å². The van der Waals surface area contributed by atoms with Crippen molar-refractivity contribution in [2.75, 3.05) is 0 Å². The fraction of sp³-hybridized carbons (Fsp3) is 0.243. The second kappa shape index (κ2) is 13.9. The lowest BCUT2D eigenvalue weighted by Gasteiger charge is -2.24. The van der Waals surface area contributed by atoms with Crippen LogP contribution in [0.3, 0.4) is 0 Å². The Labute approximate surface area is 249 Å². The Morgan fingerprint density at radius 3 is 2.12 bits per heavy atom. The Morgan fingerprint density at radius 1 is 0.857 bits per heavy atom. The lowest BCUT2D eigenvalue weighted by Crippen LogP contribution is -2.26. The molecule has 1 aromatic heterocycles. The second-order valence-electron chi connectivity index (χ2n) is 10.7. The molecule has 214 valence electrons. The standard InChI is InChI=1S/C37H39N3O2/c1-4-5-23-40-36(35(31-17-11-7-12-18-31)39-37(40)32-19-13-8-14-20-32)33(25-29-15-9-6-10-16-29)38-26-30-21-22-34(27(2)24-30)42-28(3)41/h6-22,24,33,38H,4-5,23,25-26H2,1-3H3. The topological polar surface area (TPSA) is 56.1 Å². The molecule has 4 aromatic carbocycles. The highest BCUT2D eigenvalue weighted by molar-refractivity contribution is 5.70. The van der Waals surface area contributed by atoms with Gasteiger partial charge in [-0.05, 0) is 42.5 Å². The zero-order valence-electron chi connectivity index (χ0n) is 24.7. The van der Waals surface area contributed by atoms with Crippen molar-refractivity contribution in [3.8, 4) is 28.4 Å². The van der Waals surface area contributed by atoms with Crippen molar-refractivity contribution in [1.82, 2.24) is 14.9 Å². The molecule has 1 unspecified atom stereocenters. The molecule has 0 bridgehead atoms. The monoisotopic (exact) mass is 557 g/mol. The zero-order chi connectivity index (χ0) is 29.3. The van der Waals surface area contributed by atoms with E-state index in [-0.39, 0.29) is 12.0 Å². The van der Waals surface area contributed by atoms with Crippen molar-refractivity contribution in [3.05, 3.63) is 132 Å². The fourth-order valence-corrected chi connectivity index (χ4v) is 5.42. The largest absolute Gasteiger partial charge is 0.426 e. The predicted molar refractivity (Wildman–Crippen MR) is 170 cm³/mol. The summed E-state index contributed by atoms with van der Waals surface area (Å²) in [6.07, 6.45) is 2.97. The van der Waals surface area contributed by atoms with Gasteiger partial charge in [-0.2, -0.15) is 0 Å². The number of carbonyl (C=O) groups excluding carboxylic acids is 1. The van der Waals surface area contributed by atoms with Crippen molar-refractivity contribution in [2.45, 2.75) is 59.2 Å². The summed E-state index contributed by atoms with van der Waals surface area (Å²) in [4.78, 5) is 16.9. The number of hydrogen-bond acceptors (Lipinski definition) is 4.